The topological polar surface area (TPSA) is 80.9 Å². The molecule has 31 heavy (non-hydrogen) atoms. The van der Waals surface area contributed by atoms with Gasteiger partial charge in [0.15, 0.2) is 0 Å². The number of halogens is 1. The van der Waals surface area contributed by atoms with Crippen molar-refractivity contribution in [2.75, 3.05) is 6.54 Å². The van der Waals surface area contributed by atoms with Gasteiger partial charge in [-0.15, -0.1) is 0 Å². The largest absolute Gasteiger partial charge is 0.330 e. The normalized spacial score (nSPS) is 18.6. The van der Waals surface area contributed by atoms with Gasteiger partial charge >= 0.3 is 0 Å². The monoisotopic (exact) mass is 435 g/mol. The molecule has 2 aromatic carbocycles. The van der Waals surface area contributed by atoms with Gasteiger partial charge in [0.1, 0.15) is 16.0 Å². The first-order valence-corrected chi connectivity index (χ1v) is 11.6. The molecule has 5 nitrogen and oxygen atoms in total. The summed E-state index contributed by atoms with van der Waals surface area (Å²) in [4.78, 5) is 25.9. The summed E-state index contributed by atoms with van der Waals surface area (Å²) in [7, 11) is 0. The SMILES string of the molecule is NCC1CCc2cc(-c3cc4c(cc3F)c(=O)c3c(=O)[nH]sc3n4C3CC3)ccc2C1. The summed E-state index contributed by atoms with van der Waals surface area (Å²) in [5, 5.41) is 0.410. The maximum absolute atomic E-state index is 15.3. The molecule has 2 heterocycles. The van der Waals surface area contributed by atoms with Crippen LogP contribution in [-0.4, -0.2) is 15.5 Å². The van der Waals surface area contributed by atoms with Gasteiger partial charge in [-0.1, -0.05) is 18.2 Å². The number of rotatable bonds is 3. The van der Waals surface area contributed by atoms with Crippen LogP contribution >= 0.6 is 11.5 Å². The Labute approximate surface area is 181 Å². The fraction of sp³-hybridized carbons (Fsp3) is 0.333. The number of nitrogens with two attached hydrogens (primary N) is 1. The van der Waals surface area contributed by atoms with Crippen molar-refractivity contribution in [1.82, 2.24) is 8.94 Å². The average molecular weight is 436 g/mol. The lowest BCUT2D eigenvalue weighted by Crippen LogP contribution is -2.22. The number of fused-ring (bicyclic) bond motifs is 3. The molecule has 1 fully saturated rings. The summed E-state index contributed by atoms with van der Waals surface area (Å²) in [5.41, 5.74) is 9.62. The van der Waals surface area contributed by atoms with Crippen LogP contribution < -0.4 is 16.7 Å². The lowest BCUT2D eigenvalue weighted by molar-refractivity contribution is 0.469. The zero-order valence-electron chi connectivity index (χ0n) is 16.9. The molecule has 1 atom stereocenters. The van der Waals surface area contributed by atoms with E-state index in [1.165, 1.54) is 28.7 Å². The fourth-order valence-electron chi connectivity index (χ4n) is 4.97. The second-order valence-electron chi connectivity index (χ2n) is 8.82. The van der Waals surface area contributed by atoms with E-state index < -0.39 is 16.8 Å². The number of benzene rings is 2. The summed E-state index contributed by atoms with van der Waals surface area (Å²) in [6.07, 6.45) is 4.96. The maximum Gasteiger partial charge on any atom is 0.271 e. The van der Waals surface area contributed by atoms with Crippen LogP contribution in [0.5, 0.6) is 0 Å². The molecule has 0 amide bonds. The number of hydrogen-bond acceptors (Lipinski definition) is 4. The molecule has 7 heteroatoms. The first-order chi connectivity index (χ1) is 15.0. The Hall–Kier alpha value is -2.77. The van der Waals surface area contributed by atoms with E-state index >= 15 is 4.39 Å². The van der Waals surface area contributed by atoms with E-state index in [1.807, 2.05) is 6.07 Å². The lowest BCUT2D eigenvalue weighted by atomic mass is 9.82. The summed E-state index contributed by atoms with van der Waals surface area (Å²) in [6.45, 7) is 0.693. The van der Waals surface area contributed by atoms with Crippen LogP contribution in [0.4, 0.5) is 4.39 Å². The highest BCUT2D eigenvalue weighted by molar-refractivity contribution is 7.12. The number of nitrogens with zero attached hydrogens (tertiary/aromatic N) is 1. The smallest absolute Gasteiger partial charge is 0.271 e. The summed E-state index contributed by atoms with van der Waals surface area (Å²) < 4.78 is 20.0. The van der Waals surface area contributed by atoms with Crippen molar-refractivity contribution in [3.05, 3.63) is 67.9 Å². The molecule has 0 radical (unpaired) electrons. The van der Waals surface area contributed by atoms with Gasteiger partial charge in [0.25, 0.3) is 5.56 Å². The first kappa shape index (κ1) is 19.0. The van der Waals surface area contributed by atoms with Crippen LogP contribution in [0.25, 0.3) is 32.2 Å². The highest BCUT2D eigenvalue weighted by Crippen LogP contribution is 2.41. The molecular weight excluding hydrogens is 413 g/mol. The Morgan fingerprint density at radius 1 is 1.13 bits per heavy atom. The van der Waals surface area contributed by atoms with Crippen LogP contribution in [0.3, 0.4) is 0 Å². The Morgan fingerprint density at radius 2 is 1.97 bits per heavy atom. The molecule has 2 aliphatic rings. The van der Waals surface area contributed by atoms with Gasteiger partial charge in [0, 0.05) is 17.0 Å². The van der Waals surface area contributed by atoms with Crippen molar-refractivity contribution < 1.29 is 4.39 Å². The predicted molar refractivity (Wildman–Crippen MR) is 122 cm³/mol. The van der Waals surface area contributed by atoms with Crippen LogP contribution in [-0.2, 0) is 12.8 Å². The fourth-order valence-corrected chi connectivity index (χ4v) is 5.89. The van der Waals surface area contributed by atoms with E-state index in [-0.39, 0.29) is 16.8 Å². The van der Waals surface area contributed by atoms with E-state index in [9.17, 15) is 9.59 Å². The van der Waals surface area contributed by atoms with Gasteiger partial charge in [-0.25, -0.2) is 4.39 Å². The molecule has 3 N–H and O–H groups in total. The van der Waals surface area contributed by atoms with Gasteiger partial charge in [-0.05, 0) is 84.9 Å². The van der Waals surface area contributed by atoms with Crippen molar-refractivity contribution >= 4 is 32.7 Å². The molecular formula is C24H22FN3O2S. The predicted octanol–water partition coefficient (Wildman–Crippen LogP) is 4.11. The highest BCUT2D eigenvalue weighted by atomic mass is 32.1. The number of hydrogen-bond donors (Lipinski definition) is 2. The molecule has 0 spiro atoms. The summed E-state index contributed by atoms with van der Waals surface area (Å²) in [6, 6.07) is 9.49. The number of aromatic nitrogens is 2. The van der Waals surface area contributed by atoms with Crippen LogP contribution in [0.2, 0.25) is 0 Å². The molecule has 1 saturated carbocycles. The van der Waals surface area contributed by atoms with Crippen molar-refractivity contribution in [2.45, 2.75) is 38.1 Å². The standard InChI is InChI=1S/C24H22FN3O2S/c25-19-9-18-20(28(16-5-6-16)24-21(22(18)29)23(30)27-31-24)10-17(19)15-4-3-13-7-12(11-26)1-2-14(13)8-15/h3-4,8-10,12,16H,1-2,5-7,11,26H2,(H,27,30). The van der Waals surface area contributed by atoms with Crippen LogP contribution in [0.1, 0.15) is 36.4 Å². The molecule has 2 aromatic heterocycles. The minimum absolute atomic E-state index is 0.139. The Balaban J connectivity index is 1.58. The van der Waals surface area contributed by atoms with Gasteiger partial charge in [-0.3, -0.25) is 14.0 Å². The van der Waals surface area contributed by atoms with Gasteiger partial charge in [-0.2, -0.15) is 0 Å². The Kier molecular flexibility index (Phi) is 4.20. The zero-order valence-corrected chi connectivity index (χ0v) is 17.7. The maximum atomic E-state index is 15.3. The molecule has 0 aliphatic heterocycles. The first-order valence-electron chi connectivity index (χ1n) is 10.8. The van der Waals surface area contributed by atoms with E-state index in [4.69, 9.17) is 5.73 Å². The second kappa shape index (κ2) is 6.87. The minimum Gasteiger partial charge on any atom is -0.330 e. The van der Waals surface area contributed by atoms with E-state index in [1.54, 1.807) is 6.07 Å². The third-order valence-electron chi connectivity index (χ3n) is 6.81. The van der Waals surface area contributed by atoms with Crippen molar-refractivity contribution in [1.29, 1.82) is 0 Å². The number of pyridine rings is 1. The Morgan fingerprint density at radius 3 is 2.74 bits per heavy atom. The number of aryl methyl sites for hydroxylation is 1. The summed E-state index contributed by atoms with van der Waals surface area (Å²) in [5.74, 6) is 0.0770. The van der Waals surface area contributed by atoms with Crippen molar-refractivity contribution in [2.24, 2.45) is 11.7 Å². The molecule has 0 bridgehead atoms. The molecule has 158 valence electrons. The van der Waals surface area contributed by atoms with Crippen molar-refractivity contribution in [3.63, 3.8) is 0 Å². The van der Waals surface area contributed by atoms with Crippen molar-refractivity contribution in [3.8, 4) is 11.1 Å². The average Bonchev–Trinajstić information content (AvgIpc) is 3.55. The highest BCUT2D eigenvalue weighted by Gasteiger charge is 2.29. The quantitative estimate of drug-likeness (QED) is 0.508. The molecule has 2 aliphatic carbocycles. The zero-order chi connectivity index (χ0) is 21.3. The molecule has 6 rings (SSSR count). The lowest BCUT2D eigenvalue weighted by Gasteiger charge is -2.24. The third kappa shape index (κ3) is 2.91. The van der Waals surface area contributed by atoms with Crippen LogP contribution in [0.15, 0.2) is 39.9 Å². The van der Waals surface area contributed by atoms with Gasteiger partial charge < -0.3 is 10.3 Å². The second-order valence-corrected chi connectivity index (χ2v) is 9.62. The van der Waals surface area contributed by atoms with Gasteiger partial charge in [0.05, 0.1) is 5.52 Å². The number of aromatic amines is 1. The van der Waals surface area contributed by atoms with Crippen LogP contribution in [0, 0.1) is 11.7 Å². The molecule has 0 saturated heterocycles. The minimum atomic E-state index is -0.437. The summed E-state index contributed by atoms with van der Waals surface area (Å²) >= 11 is 1.19. The van der Waals surface area contributed by atoms with E-state index in [2.05, 4.69) is 21.1 Å². The molecule has 1 unspecified atom stereocenters. The Bertz CT molecular complexity index is 1480. The molecule has 4 aromatic rings. The van der Waals surface area contributed by atoms with E-state index in [0.29, 0.717) is 28.4 Å². The number of nitrogens with one attached hydrogen (secondary N) is 1. The number of H-pyrrole nitrogens is 1. The van der Waals surface area contributed by atoms with E-state index in [0.717, 1.165) is 37.7 Å². The third-order valence-corrected chi connectivity index (χ3v) is 7.69. The van der Waals surface area contributed by atoms with Gasteiger partial charge in [0.2, 0.25) is 5.43 Å².